The van der Waals surface area contributed by atoms with Crippen LogP contribution in [-0.4, -0.2) is 9.38 Å². The number of benzene rings is 2. The summed E-state index contributed by atoms with van der Waals surface area (Å²) in [7, 11) is 2.25. The van der Waals surface area contributed by atoms with Gasteiger partial charge in [-0.1, -0.05) is 56.7 Å². The van der Waals surface area contributed by atoms with Crippen LogP contribution < -0.4 is 4.57 Å². The number of hydrogen-bond donors (Lipinski definition) is 0. The second-order valence-electron chi connectivity index (χ2n) is 11.2. The molecule has 0 radical (unpaired) electrons. The molecule has 0 amide bonds. The molecule has 0 bridgehead atoms. The van der Waals surface area contributed by atoms with Crippen LogP contribution in [0, 0.1) is 6.92 Å². The maximum Gasteiger partial charge on any atom is 0.297 e. The van der Waals surface area contributed by atoms with E-state index in [2.05, 4.69) is 65.4 Å². The molecule has 0 aliphatic heterocycles. The minimum absolute atomic E-state index is 0.641. The van der Waals surface area contributed by atoms with Gasteiger partial charge < -0.3 is 0 Å². The van der Waals surface area contributed by atoms with E-state index < -0.39 is 0 Å². The van der Waals surface area contributed by atoms with Gasteiger partial charge in [-0.2, -0.15) is 4.40 Å². The predicted molar refractivity (Wildman–Crippen MR) is 145 cm³/mol. The summed E-state index contributed by atoms with van der Waals surface area (Å²) in [4.78, 5) is 4.98. The SMILES string of the molecule is Cc1ccnc2c3cccc(C4CCCCC4)c3n3c4cc(C5CCCCC5)ccc4[n+](C)c3c12. The Hall–Kier alpha value is -2.94. The van der Waals surface area contributed by atoms with Crippen LogP contribution in [-0.2, 0) is 7.05 Å². The summed E-state index contributed by atoms with van der Waals surface area (Å²) in [6.45, 7) is 2.24. The third-order valence-electron chi connectivity index (χ3n) is 9.18. The van der Waals surface area contributed by atoms with Crippen LogP contribution in [0.3, 0.4) is 0 Å². The Bertz CT molecular complexity index is 1580. The molecule has 2 aliphatic carbocycles. The van der Waals surface area contributed by atoms with Gasteiger partial charge in [-0.3, -0.25) is 4.98 Å². The zero-order chi connectivity index (χ0) is 23.5. The van der Waals surface area contributed by atoms with Crippen LogP contribution in [0.1, 0.15) is 92.7 Å². The molecule has 0 N–H and O–H groups in total. The Morgan fingerprint density at radius 1 is 0.857 bits per heavy atom. The summed E-state index contributed by atoms with van der Waals surface area (Å²) in [5.41, 5.74) is 10.9. The number of hydrogen-bond acceptors (Lipinski definition) is 1. The van der Waals surface area contributed by atoms with E-state index in [-0.39, 0.29) is 0 Å². The van der Waals surface area contributed by atoms with Crippen LogP contribution in [0.2, 0.25) is 0 Å². The van der Waals surface area contributed by atoms with Crippen molar-refractivity contribution in [2.45, 2.75) is 83.0 Å². The van der Waals surface area contributed by atoms with Gasteiger partial charge >= 0.3 is 0 Å². The van der Waals surface area contributed by atoms with Crippen molar-refractivity contribution in [1.82, 2.24) is 9.38 Å². The third-order valence-corrected chi connectivity index (χ3v) is 9.18. The molecule has 2 aromatic carbocycles. The largest absolute Gasteiger partial charge is 0.297 e. The maximum absolute atomic E-state index is 4.98. The first-order chi connectivity index (χ1) is 17.2. The van der Waals surface area contributed by atoms with Crippen molar-refractivity contribution in [2.75, 3.05) is 0 Å². The summed E-state index contributed by atoms with van der Waals surface area (Å²) in [6.07, 6.45) is 15.5. The molecule has 5 aromatic rings. The quantitative estimate of drug-likeness (QED) is 0.192. The Labute approximate surface area is 207 Å². The number of nitrogens with zero attached hydrogens (tertiary/aromatic N) is 3. The lowest BCUT2D eigenvalue weighted by molar-refractivity contribution is -0.617. The standard InChI is InChI=1S/C32H36N3/c1-21-18-19-33-30-26-15-9-14-25(23-12-7-4-8-13-23)31(26)35-28-20-24(22-10-5-3-6-11-22)16-17-27(28)34(2)32(35)29(21)30/h9,14-20,22-23H,3-8,10-13H2,1-2H3/q+1. The van der Waals surface area contributed by atoms with Crippen molar-refractivity contribution in [3.8, 4) is 0 Å². The second kappa shape index (κ2) is 8.33. The molecular weight excluding hydrogens is 426 g/mol. The molecular formula is C32H36N3+. The van der Waals surface area contributed by atoms with E-state index in [0.29, 0.717) is 11.8 Å². The minimum Gasteiger partial charge on any atom is -0.255 e. The van der Waals surface area contributed by atoms with Crippen LogP contribution in [0.15, 0.2) is 48.7 Å². The van der Waals surface area contributed by atoms with E-state index in [1.165, 1.54) is 114 Å². The van der Waals surface area contributed by atoms with E-state index in [9.17, 15) is 0 Å². The normalized spacial score (nSPS) is 18.3. The molecule has 178 valence electrons. The van der Waals surface area contributed by atoms with Gasteiger partial charge in [0.2, 0.25) is 0 Å². The van der Waals surface area contributed by atoms with E-state index >= 15 is 0 Å². The third kappa shape index (κ3) is 3.23. The van der Waals surface area contributed by atoms with Gasteiger partial charge in [-0.05, 0) is 79.8 Å². The van der Waals surface area contributed by atoms with Crippen LogP contribution in [0.4, 0.5) is 0 Å². The zero-order valence-corrected chi connectivity index (χ0v) is 21.2. The first-order valence-electron chi connectivity index (χ1n) is 13.9. The summed E-state index contributed by atoms with van der Waals surface area (Å²) >= 11 is 0. The fourth-order valence-electron chi connectivity index (χ4n) is 7.37. The molecule has 0 saturated heterocycles. The van der Waals surface area contributed by atoms with Gasteiger partial charge in [0.1, 0.15) is 5.52 Å². The molecule has 3 nitrogen and oxygen atoms in total. The van der Waals surface area contributed by atoms with E-state index in [0.717, 1.165) is 5.52 Å². The highest BCUT2D eigenvalue weighted by Gasteiger charge is 2.29. The molecule has 3 aromatic heterocycles. The molecule has 2 aliphatic rings. The van der Waals surface area contributed by atoms with Crippen molar-refractivity contribution in [3.63, 3.8) is 0 Å². The van der Waals surface area contributed by atoms with Crippen molar-refractivity contribution < 1.29 is 4.57 Å². The Kier molecular flexibility index (Phi) is 5.08. The number of rotatable bonds is 2. The Balaban J connectivity index is 1.65. The van der Waals surface area contributed by atoms with Crippen LogP contribution in [0.5, 0.6) is 0 Å². The van der Waals surface area contributed by atoms with Gasteiger partial charge in [0, 0.05) is 17.1 Å². The van der Waals surface area contributed by atoms with Gasteiger partial charge in [0.05, 0.1) is 18.0 Å². The lowest BCUT2D eigenvalue weighted by Gasteiger charge is -2.23. The number of aromatic nitrogens is 3. The molecule has 7 rings (SSSR count). The van der Waals surface area contributed by atoms with Crippen molar-refractivity contribution >= 4 is 38.5 Å². The van der Waals surface area contributed by atoms with Gasteiger partial charge in [0.15, 0.2) is 11.0 Å². The summed E-state index contributed by atoms with van der Waals surface area (Å²) in [5, 5.41) is 2.60. The fraction of sp³-hybridized carbons (Fsp3) is 0.438. The average Bonchev–Trinajstić information content (AvgIpc) is 3.21. The highest BCUT2D eigenvalue weighted by molar-refractivity contribution is 6.12. The average molecular weight is 463 g/mol. The van der Waals surface area contributed by atoms with Gasteiger partial charge in [-0.15, -0.1) is 0 Å². The Morgan fingerprint density at radius 3 is 2.37 bits per heavy atom. The monoisotopic (exact) mass is 462 g/mol. The first-order valence-corrected chi connectivity index (χ1v) is 13.9. The molecule has 2 fully saturated rings. The maximum atomic E-state index is 4.98. The van der Waals surface area contributed by atoms with E-state index in [1.807, 2.05) is 6.20 Å². The smallest absolute Gasteiger partial charge is 0.255 e. The number of aryl methyl sites for hydroxylation is 2. The number of fused-ring (bicyclic) bond motifs is 8. The van der Waals surface area contributed by atoms with E-state index in [4.69, 9.17) is 4.98 Å². The van der Waals surface area contributed by atoms with Gasteiger partial charge in [0.25, 0.3) is 5.65 Å². The predicted octanol–water partition coefficient (Wildman–Crippen LogP) is 8.02. The topological polar surface area (TPSA) is 21.2 Å². The molecule has 35 heavy (non-hydrogen) atoms. The lowest BCUT2D eigenvalue weighted by Crippen LogP contribution is -2.27. The molecule has 3 heterocycles. The van der Waals surface area contributed by atoms with Crippen molar-refractivity contribution in [2.24, 2.45) is 7.05 Å². The molecule has 2 saturated carbocycles. The van der Waals surface area contributed by atoms with Crippen LogP contribution in [0.25, 0.3) is 38.5 Å². The lowest BCUT2D eigenvalue weighted by atomic mass is 9.83. The van der Waals surface area contributed by atoms with E-state index in [1.54, 1.807) is 0 Å². The molecule has 3 heteroatoms. The molecule has 0 atom stereocenters. The summed E-state index contributed by atoms with van der Waals surface area (Å²) in [6, 6.07) is 16.5. The van der Waals surface area contributed by atoms with Crippen molar-refractivity contribution in [3.05, 3.63) is 65.4 Å². The molecule has 0 spiro atoms. The highest BCUT2D eigenvalue weighted by atomic mass is 15.1. The zero-order valence-electron chi connectivity index (χ0n) is 21.2. The number of imidazole rings is 1. The van der Waals surface area contributed by atoms with Gasteiger partial charge in [-0.25, -0.2) is 4.57 Å². The van der Waals surface area contributed by atoms with Crippen LogP contribution >= 0.6 is 0 Å². The number of pyridine rings is 2. The Morgan fingerprint density at radius 2 is 1.60 bits per heavy atom. The highest BCUT2D eigenvalue weighted by Crippen LogP contribution is 2.41. The summed E-state index contributed by atoms with van der Waals surface area (Å²) in [5.74, 6) is 1.35. The number of para-hydroxylation sites is 1. The second-order valence-corrected chi connectivity index (χ2v) is 11.2. The molecule has 0 unspecified atom stereocenters. The summed E-state index contributed by atoms with van der Waals surface area (Å²) < 4.78 is 5.05. The first kappa shape index (κ1) is 21.4. The van der Waals surface area contributed by atoms with Crippen molar-refractivity contribution in [1.29, 1.82) is 0 Å². The minimum atomic E-state index is 0.641. The fourth-order valence-corrected chi connectivity index (χ4v) is 7.37.